The van der Waals surface area contributed by atoms with E-state index in [0.29, 0.717) is 16.9 Å². The standard InChI is InChI=1S/C10H11NO2/c1-6-4-9(13-3)7(2)10(12)8(6)5-11/h4,12H,1-3H3. The largest absolute Gasteiger partial charge is 0.506 e. The van der Waals surface area contributed by atoms with Crippen molar-refractivity contribution < 1.29 is 9.84 Å². The van der Waals surface area contributed by atoms with E-state index >= 15 is 0 Å². The quantitative estimate of drug-likeness (QED) is 0.712. The van der Waals surface area contributed by atoms with Gasteiger partial charge in [0.1, 0.15) is 17.6 Å². The van der Waals surface area contributed by atoms with E-state index < -0.39 is 0 Å². The van der Waals surface area contributed by atoms with Crippen LogP contribution in [0.3, 0.4) is 0 Å². The lowest BCUT2D eigenvalue weighted by Crippen LogP contribution is -1.92. The molecule has 0 atom stereocenters. The van der Waals surface area contributed by atoms with Gasteiger partial charge in [-0.25, -0.2) is 0 Å². The second-order valence-electron chi connectivity index (χ2n) is 2.86. The zero-order valence-corrected chi connectivity index (χ0v) is 7.88. The summed E-state index contributed by atoms with van der Waals surface area (Å²) in [4.78, 5) is 0. The molecule has 1 rings (SSSR count). The molecule has 0 amide bonds. The van der Waals surface area contributed by atoms with Gasteiger partial charge in [0.25, 0.3) is 0 Å². The molecule has 1 N–H and O–H groups in total. The maximum atomic E-state index is 9.59. The Labute approximate surface area is 77.2 Å². The predicted molar refractivity (Wildman–Crippen MR) is 48.8 cm³/mol. The summed E-state index contributed by atoms with van der Waals surface area (Å²) in [5.41, 5.74) is 1.64. The third-order valence-electron chi connectivity index (χ3n) is 2.04. The minimum absolute atomic E-state index is 0.0133. The van der Waals surface area contributed by atoms with Crippen molar-refractivity contribution in [3.8, 4) is 17.6 Å². The molecule has 13 heavy (non-hydrogen) atoms. The molecule has 1 aromatic rings. The van der Waals surface area contributed by atoms with E-state index in [1.165, 1.54) is 7.11 Å². The van der Waals surface area contributed by atoms with E-state index in [4.69, 9.17) is 10.00 Å². The topological polar surface area (TPSA) is 53.2 Å². The first-order chi connectivity index (χ1) is 6.11. The third kappa shape index (κ3) is 1.43. The molecule has 0 saturated carbocycles. The number of hydrogen-bond donors (Lipinski definition) is 1. The number of phenols is 1. The van der Waals surface area contributed by atoms with Crippen LogP contribution in [0.5, 0.6) is 11.5 Å². The average Bonchev–Trinajstić information content (AvgIpc) is 2.12. The van der Waals surface area contributed by atoms with Gasteiger partial charge in [-0.15, -0.1) is 0 Å². The molecule has 0 aromatic heterocycles. The van der Waals surface area contributed by atoms with E-state index in [2.05, 4.69) is 0 Å². The Morgan fingerprint density at radius 3 is 2.54 bits per heavy atom. The molecule has 1 aromatic carbocycles. The first kappa shape index (κ1) is 9.40. The Bertz CT molecular complexity index is 377. The zero-order chi connectivity index (χ0) is 10.0. The second kappa shape index (κ2) is 3.36. The van der Waals surface area contributed by atoms with Crippen molar-refractivity contribution in [3.63, 3.8) is 0 Å². The third-order valence-corrected chi connectivity index (χ3v) is 2.04. The monoisotopic (exact) mass is 177 g/mol. The molecule has 0 aliphatic carbocycles. The summed E-state index contributed by atoms with van der Waals surface area (Å²) < 4.78 is 5.04. The van der Waals surface area contributed by atoms with Gasteiger partial charge in [-0.1, -0.05) is 0 Å². The van der Waals surface area contributed by atoms with Crippen LogP contribution in [0.1, 0.15) is 16.7 Å². The molecule has 0 radical (unpaired) electrons. The number of hydrogen-bond acceptors (Lipinski definition) is 3. The van der Waals surface area contributed by atoms with E-state index in [0.717, 1.165) is 5.56 Å². The van der Waals surface area contributed by atoms with Crippen LogP contribution in [-0.4, -0.2) is 12.2 Å². The van der Waals surface area contributed by atoms with Gasteiger partial charge in [-0.2, -0.15) is 5.26 Å². The maximum absolute atomic E-state index is 9.59. The van der Waals surface area contributed by atoms with Crippen molar-refractivity contribution in [3.05, 3.63) is 22.8 Å². The molecule has 0 unspecified atom stereocenters. The first-order valence-electron chi connectivity index (χ1n) is 3.89. The highest BCUT2D eigenvalue weighted by molar-refractivity contribution is 5.57. The fraction of sp³-hybridized carbons (Fsp3) is 0.300. The van der Waals surface area contributed by atoms with E-state index in [1.807, 2.05) is 6.07 Å². The highest BCUT2D eigenvalue weighted by Gasteiger charge is 2.11. The van der Waals surface area contributed by atoms with Crippen molar-refractivity contribution in [2.24, 2.45) is 0 Å². The minimum Gasteiger partial charge on any atom is -0.506 e. The van der Waals surface area contributed by atoms with Crippen molar-refractivity contribution in [2.75, 3.05) is 7.11 Å². The Hall–Kier alpha value is -1.69. The summed E-state index contributed by atoms with van der Waals surface area (Å²) in [5, 5.41) is 18.3. The second-order valence-corrected chi connectivity index (χ2v) is 2.86. The lowest BCUT2D eigenvalue weighted by molar-refractivity contribution is 0.402. The van der Waals surface area contributed by atoms with Crippen LogP contribution in [0.25, 0.3) is 0 Å². The Kier molecular flexibility index (Phi) is 2.43. The van der Waals surface area contributed by atoms with Crippen LogP contribution in [-0.2, 0) is 0 Å². The van der Waals surface area contributed by atoms with Gasteiger partial charge in [0.15, 0.2) is 0 Å². The molecule has 0 fully saturated rings. The Balaban J connectivity index is 3.48. The van der Waals surface area contributed by atoms with Gasteiger partial charge in [0, 0.05) is 5.56 Å². The molecule has 0 aliphatic heterocycles. The van der Waals surface area contributed by atoms with Gasteiger partial charge >= 0.3 is 0 Å². The summed E-state index contributed by atoms with van der Waals surface area (Å²) in [6.07, 6.45) is 0. The van der Waals surface area contributed by atoms with Crippen LogP contribution in [0.4, 0.5) is 0 Å². The van der Waals surface area contributed by atoms with E-state index in [9.17, 15) is 5.11 Å². The summed E-state index contributed by atoms with van der Waals surface area (Å²) >= 11 is 0. The lowest BCUT2D eigenvalue weighted by atomic mass is 10.0. The number of phenolic OH excluding ortho intramolecular Hbond substituents is 1. The summed E-state index contributed by atoms with van der Waals surface area (Å²) in [7, 11) is 1.53. The summed E-state index contributed by atoms with van der Waals surface area (Å²) in [6.45, 7) is 3.48. The van der Waals surface area contributed by atoms with Gasteiger partial charge in [-0.05, 0) is 25.5 Å². The molecule has 0 bridgehead atoms. The highest BCUT2D eigenvalue weighted by Crippen LogP contribution is 2.32. The number of nitriles is 1. The van der Waals surface area contributed by atoms with Gasteiger partial charge in [0.2, 0.25) is 0 Å². The minimum atomic E-state index is 0.0133. The number of benzene rings is 1. The molecular formula is C10H11NO2. The lowest BCUT2D eigenvalue weighted by Gasteiger charge is -2.09. The van der Waals surface area contributed by atoms with Crippen LogP contribution in [0, 0.1) is 25.2 Å². The fourth-order valence-corrected chi connectivity index (χ4v) is 1.22. The molecule has 0 aliphatic rings. The van der Waals surface area contributed by atoms with Crippen LogP contribution < -0.4 is 4.74 Å². The van der Waals surface area contributed by atoms with Gasteiger partial charge in [-0.3, -0.25) is 0 Å². The summed E-state index contributed by atoms with van der Waals surface area (Å²) in [6, 6.07) is 3.69. The highest BCUT2D eigenvalue weighted by atomic mass is 16.5. The van der Waals surface area contributed by atoms with Crippen LogP contribution in [0.2, 0.25) is 0 Å². The maximum Gasteiger partial charge on any atom is 0.140 e. The predicted octanol–water partition coefficient (Wildman–Crippen LogP) is 1.89. The number of aromatic hydroxyl groups is 1. The average molecular weight is 177 g/mol. The number of ether oxygens (including phenoxy) is 1. The molecule has 68 valence electrons. The number of methoxy groups -OCH3 is 1. The van der Waals surface area contributed by atoms with Crippen molar-refractivity contribution in [2.45, 2.75) is 13.8 Å². The molecule has 0 saturated heterocycles. The molecule has 0 heterocycles. The SMILES string of the molecule is COc1cc(C)c(C#N)c(O)c1C. The molecular weight excluding hydrogens is 166 g/mol. The number of aryl methyl sites for hydroxylation is 1. The van der Waals surface area contributed by atoms with Crippen LogP contribution in [0.15, 0.2) is 6.07 Å². The van der Waals surface area contributed by atoms with E-state index in [1.54, 1.807) is 19.9 Å². The van der Waals surface area contributed by atoms with Crippen molar-refractivity contribution in [1.82, 2.24) is 0 Å². The smallest absolute Gasteiger partial charge is 0.140 e. The molecule has 3 heteroatoms. The zero-order valence-electron chi connectivity index (χ0n) is 7.88. The van der Waals surface area contributed by atoms with E-state index in [-0.39, 0.29) is 5.75 Å². The Morgan fingerprint density at radius 2 is 2.08 bits per heavy atom. The van der Waals surface area contributed by atoms with Crippen LogP contribution >= 0.6 is 0 Å². The number of nitrogens with zero attached hydrogens (tertiary/aromatic N) is 1. The number of rotatable bonds is 1. The van der Waals surface area contributed by atoms with Gasteiger partial charge in [0.05, 0.1) is 12.7 Å². The Morgan fingerprint density at radius 1 is 1.46 bits per heavy atom. The summed E-state index contributed by atoms with van der Waals surface area (Å²) in [5.74, 6) is 0.619. The molecule has 3 nitrogen and oxygen atoms in total. The normalized spacial score (nSPS) is 9.38. The van der Waals surface area contributed by atoms with Crippen molar-refractivity contribution in [1.29, 1.82) is 5.26 Å². The fourth-order valence-electron chi connectivity index (χ4n) is 1.22. The first-order valence-corrected chi connectivity index (χ1v) is 3.89. The van der Waals surface area contributed by atoms with Crippen molar-refractivity contribution >= 4 is 0 Å². The molecule has 0 spiro atoms. The van der Waals surface area contributed by atoms with Gasteiger partial charge < -0.3 is 9.84 Å².